The monoisotopic (exact) mass is 426 g/mol. The first-order valence-electron chi connectivity index (χ1n) is 10.4. The number of unbranched alkanes of at least 4 members (excludes halogenated alkanes) is 2. The fraction of sp³-hybridized carbons (Fsp3) is 0.636. The molecule has 1 fully saturated rings. The molecular weight excluding hydrogens is 391 g/mol. The smallest absolute Gasteiger partial charge is 0.330 e. The zero-order valence-electron chi connectivity index (χ0n) is 17.2. The van der Waals surface area contributed by atoms with Crippen molar-refractivity contribution in [1.82, 2.24) is 0 Å². The number of aliphatic hydroxyl groups excluding tert-OH is 3. The van der Waals surface area contributed by atoms with E-state index in [1.54, 1.807) is 0 Å². The van der Waals surface area contributed by atoms with E-state index in [2.05, 4.69) is 0 Å². The van der Waals surface area contributed by atoms with Crippen LogP contribution in [-0.2, 0) is 20.0 Å². The molecule has 2 unspecified atom stereocenters. The second kappa shape index (κ2) is 12.6. The summed E-state index contributed by atoms with van der Waals surface area (Å²) in [5.74, 6) is -0.425. The molecule has 1 aromatic rings. The maximum atomic E-state index is 12.9. The molecule has 0 radical (unpaired) electrons. The molecule has 164 valence electrons. The molecule has 1 aliphatic carbocycles. The summed E-state index contributed by atoms with van der Waals surface area (Å²) >= 11 is 0. The number of aryl methyl sites for hydroxylation is 1. The Hall–Kier alpha value is -1.01. The van der Waals surface area contributed by atoms with E-state index in [9.17, 15) is 14.8 Å². The van der Waals surface area contributed by atoms with Gasteiger partial charge in [0.25, 0.3) is 0 Å². The molecule has 2 rings (SSSR count). The minimum atomic E-state index is -3.27. The molecule has 3 N–H and O–H groups in total. The molecule has 0 amide bonds. The van der Waals surface area contributed by atoms with Gasteiger partial charge in [-0.3, -0.25) is 4.57 Å². The summed E-state index contributed by atoms with van der Waals surface area (Å²) < 4.78 is 23.9. The average Bonchev–Trinajstić information content (AvgIpc) is 3.00. The van der Waals surface area contributed by atoms with Crippen LogP contribution in [0.15, 0.2) is 42.5 Å². The first-order chi connectivity index (χ1) is 14.0. The number of benzene rings is 1. The highest BCUT2D eigenvalue weighted by atomic mass is 31.2. The first kappa shape index (κ1) is 24.3. The van der Waals surface area contributed by atoms with Gasteiger partial charge in [-0.2, -0.15) is 0 Å². The third kappa shape index (κ3) is 7.97. The highest BCUT2D eigenvalue weighted by Crippen LogP contribution is 2.49. The van der Waals surface area contributed by atoms with Crippen molar-refractivity contribution in [2.75, 3.05) is 26.5 Å². The predicted octanol–water partition coefficient (Wildman–Crippen LogP) is 3.55. The van der Waals surface area contributed by atoms with Crippen molar-refractivity contribution in [1.29, 1.82) is 0 Å². The fourth-order valence-corrected chi connectivity index (χ4v) is 5.15. The van der Waals surface area contributed by atoms with Gasteiger partial charge in [-0.05, 0) is 50.0 Å². The van der Waals surface area contributed by atoms with Gasteiger partial charge >= 0.3 is 7.60 Å². The molecule has 1 aliphatic rings. The van der Waals surface area contributed by atoms with Crippen molar-refractivity contribution in [3.05, 3.63) is 48.0 Å². The largest absolute Gasteiger partial charge is 0.396 e. The molecule has 29 heavy (non-hydrogen) atoms. The van der Waals surface area contributed by atoms with E-state index in [4.69, 9.17) is 14.2 Å². The summed E-state index contributed by atoms with van der Waals surface area (Å²) in [5, 5.41) is 29.5. The summed E-state index contributed by atoms with van der Waals surface area (Å²) in [4.78, 5) is 0. The molecule has 0 aromatic heterocycles. The molecule has 0 heterocycles. The van der Waals surface area contributed by atoms with Gasteiger partial charge < -0.3 is 24.4 Å². The standard InChI is InChI=1S/C22H35O6P/c1-27-29(26,15-13-18-10-6-5-7-11-18)28-17-20-19(21(24)16-22(20)25)12-8-3-2-4-9-14-23/h3,5-8,10-11,19-25H,2,4,9,12-17H2,1H3/t19?,20-,21+,22-,29?/m0/s1. The Morgan fingerprint density at radius 2 is 1.83 bits per heavy atom. The van der Waals surface area contributed by atoms with E-state index in [0.717, 1.165) is 24.8 Å². The van der Waals surface area contributed by atoms with Gasteiger partial charge in [0.15, 0.2) is 0 Å². The van der Waals surface area contributed by atoms with E-state index in [-0.39, 0.29) is 31.2 Å². The van der Waals surface area contributed by atoms with Crippen LogP contribution in [0.2, 0.25) is 0 Å². The highest BCUT2D eigenvalue weighted by molar-refractivity contribution is 7.53. The number of hydrogen-bond donors (Lipinski definition) is 3. The molecular formula is C22H35O6P. The van der Waals surface area contributed by atoms with Crippen LogP contribution in [0.5, 0.6) is 0 Å². The SMILES string of the molecule is COP(=O)(CCc1ccccc1)OC[C@H]1C(CC=CCCCCO)[C@H](O)C[C@@H]1O. The molecule has 7 heteroatoms. The van der Waals surface area contributed by atoms with Crippen LogP contribution in [0.3, 0.4) is 0 Å². The minimum absolute atomic E-state index is 0.0984. The normalized spacial score (nSPS) is 26.8. The van der Waals surface area contributed by atoms with E-state index in [1.807, 2.05) is 42.5 Å². The lowest BCUT2D eigenvalue weighted by Gasteiger charge is -2.25. The van der Waals surface area contributed by atoms with E-state index in [1.165, 1.54) is 7.11 Å². The van der Waals surface area contributed by atoms with Gasteiger partial charge in [0.05, 0.1) is 25.0 Å². The van der Waals surface area contributed by atoms with Gasteiger partial charge in [-0.25, -0.2) is 0 Å². The van der Waals surface area contributed by atoms with Gasteiger partial charge in [0.1, 0.15) is 0 Å². The van der Waals surface area contributed by atoms with Gasteiger partial charge in [0, 0.05) is 19.6 Å². The zero-order valence-corrected chi connectivity index (χ0v) is 18.1. The fourth-order valence-electron chi connectivity index (χ4n) is 3.80. The Kier molecular flexibility index (Phi) is 10.6. The molecule has 0 aliphatic heterocycles. The first-order valence-corrected chi connectivity index (χ1v) is 12.2. The number of hydrogen-bond acceptors (Lipinski definition) is 6. The molecule has 0 bridgehead atoms. The second-order valence-corrected chi connectivity index (χ2v) is 9.97. The third-order valence-electron chi connectivity index (χ3n) is 5.63. The lowest BCUT2D eigenvalue weighted by atomic mass is 9.91. The second-order valence-electron chi connectivity index (χ2n) is 7.67. The summed E-state index contributed by atoms with van der Waals surface area (Å²) in [5.41, 5.74) is 1.06. The zero-order chi connectivity index (χ0) is 21.1. The van der Waals surface area contributed by atoms with Crippen molar-refractivity contribution < 1.29 is 28.9 Å². The van der Waals surface area contributed by atoms with Crippen LogP contribution >= 0.6 is 7.60 Å². The van der Waals surface area contributed by atoms with E-state index >= 15 is 0 Å². The van der Waals surface area contributed by atoms with Crippen molar-refractivity contribution in [3.8, 4) is 0 Å². The summed E-state index contributed by atoms with van der Waals surface area (Å²) in [7, 11) is -1.88. The van der Waals surface area contributed by atoms with Crippen LogP contribution in [-0.4, -0.2) is 54.0 Å². The Bertz CT molecular complexity index is 650. The van der Waals surface area contributed by atoms with Crippen molar-refractivity contribution in [2.24, 2.45) is 11.8 Å². The number of allylic oxidation sites excluding steroid dienone is 2. The summed E-state index contributed by atoms with van der Waals surface area (Å²) in [6.45, 7) is 0.297. The average molecular weight is 426 g/mol. The summed E-state index contributed by atoms with van der Waals surface area (Å²) in [6.07, 6.45) is 7.15. The molecule has 1 aromatic carbocycles. The number of rotatable bonds is 13. The van der Waals surface area contributed by atoms with Crippen LogP contribution in [0.1, 0.15) is 37.7 Å². The molecule has 1 saturated carbocycles. The molecule has 0 saturated heterocycles. The maximum Gasteiger partial charge on any atom is 0.330 e. The Labute approximate surface area is 174 Å². The number of aliphatic hydroxyl groups is 3. The van der Waals surface area contributed by atoms with Crippen LogP contribution in [0, 0.1) is 11.8 Å². The van der Waals surface area contributed by atoms with Gasteiger partial charge in [-0.15, -0.1) is 0 Å². The van der Waals surface area contributed by atoms with Crippen molar-refractivity contribution >= 4 is 7.60 Å². The van der Waals surface area contributed by atoms with E-state index < -0.39 is 19.8 Å². The Balaban J connectivity index is 1.87. The Morgan fingerprint density at radius 1 is 1.10 bits per heavy atom. The Morgan fingerprint density at radius 3 is 2.52 bits per heavy atom. The molecule has 0 spiro atoms. The molecule has 5 atom stereocenters. The van der Waals surface area contributed by atoms with Crippen molar-refractivity contribution in [2.45, 2.75) is 50.7 Å². The van der Waals surface area contributed by atoms with Crippen LogP contribution in [0.4, 0.5) is 0 Å². The highest BCUT2D eigenvalue weighted by Gasteiger charge is 2.42. The van der Waals surface area contributed by atoms with Crippen molar-refractivity contribution in [3.63, 3.8) is 0 Å². The van der Waals surface area contributed by atoms with Gasteiger partial charge in [0.2, 0.25) is 0 Å². The van der Waals surface area contributed by atoms with E-state index in [0.29, 0.717) is 19.3 Å². The lowest BCUT2D eigenvalue weighted by molar-refractivity contribution is 0.0701. The quantitative estimate of drug-likeness (QED) is 0.254. The lowest BCUT2D eigenvalue weighted by Crippen LogP contribution is -2.26. The van der Waals surface area contributed by atoms with Crippen LogP contribution in [0.25, 0.3) is 0 Å². The topological polar surface area (TPSA) is 96.2 Å². The third-order valence-corrected chi connectivity index (χ3v) is 7.50. The predicted molar refractivity (Wildman–Crippen MR) is 114 cm³/mol. The molecule has 6 nitrogen and oxygen atoms in total. The van der Waals surface area contributed by atoms with Crippen LogP contribution < -0.4 is 0 Å². The van der Waals surface area contributed by atoms with Gasteiger partial charge in [-0.1, -0.05) is 42.5 Å². The maximum absolute atomic E-state index is 12.9. The summed E-state index contributed by atoms with van der Waals surface area (Å²) in [6, 6.07) is 9.75. The minimum Gasteiger partial charge on any atom is -0.396 e.